The van der Waals surface area contributed by atoms with E-state index >= 15 is 0 Å². The van der Waals surface area contributed by atoms with Crippen LogP contribution in [-0.2, 0) is 26.3 Å². The minimum absolute atomic E-state index is 0.0726. The number of rotatable bonds is 12. The minimum atomic E-state index is -1.00. The number of aromatic nitrogens is 2. The Morgan fingerprint density at radius 2 is 1.57 bits per heavy atom. The predicted octanol–water partition coefficient (Wildman–Crippen LogP) is 4.50. The smallest absolute Gasteiger partial charge is 0.262 e. The lowest BCUT2D eigenvalue weighted by Crippen LogP contribution is -2.66. The van der Waals surface area contributed by atoms with Crippen molar-refractivity contribution in [3.8, 4) is 11.5 Å². The number of carbonyl (C=O) groups is 4. The molecule has 4 aliphatic heterocycles. The Bertz CT molecular complexity index is 2110. The van der Waals surface area contributed by atoms with E-state index in [0.717, 1.165) is 65.5 Å². The number of nitrogens with zero attached hydrogens (tertiary/aromatic N) is 4. The Kier molecular flexibility index (Phi) is 9.05. The van der Waals surface area contributed by atoms with Gasteiger partial charge >= 0.3 is 0 Å². The molecule has 8 rings (SSSR count). The van der Waals surface area contributed by atoms with Crippen LogP contribution in [0.3, 0.4) is 0 Å². The van der Waals surface area contributed by atoms with E-state index in [0.29, 0.717) is 24.3 Å². The highest BCUT2D eigenvalue weighted by Crippen LogP contribution is 2.39. The first kappa shape index (κ1) is 35.2. The molecule has 3 saturated heterocycles. The molecule has 4 amide bonds. The third kappa shape index (κ3) is 6.75. The summed E-state index contributed by atoms with van der Waals surface area (Å²) in [6, 6.07) is 21.9. The van der Waals surface area contributed by atoms with Gasteiger partial charge in [-0.15, -0.1) is 0 Å². The summed E-state index contributed by atoms with van der Waals surface area (Å²) in [5, 5.41) is 5.55. The van der Waals surface area contributed by atoms with E-state index in [-0.39, 0.29) is 35.4 Å². The van der Waals surface area contributed by atoms with Crippen molar-refractivity contribution >= 4 is 35.3 Å². The van der Waals surface area contributed by atoms with Gasteiger partial charge in [-0.05, 0) is 73.0 Å². The number of piperidine rings is 1. The van der Waals surface area contributed by atoms with Gasteiger partial charge in [0, 0.05) is 36.8 Å². The van der Waals surface area contributed by atoms with Crippen molar-refractivity contribution in [1.29, 1.82) is 0 Å². The topological polar surface area (TPSA) is 152 Å². The molecule has 2 atom stereocenters. The van der Waals surface area contributed by atoms with Gasteiger partial charge < -0.3 is 24.4 Å². The molecular weight excluding hydrogens is 688 g/mol. The quantitative estimate of drug-likeness (QED) is 0.198. The maximum Gasteiger partial charge on any atom is 0.262 e. The molecule has 0 bridgehead atoms. The molecule has 0 radical (unpaired) electrons. The van der Waals surface area contributed by atoms with Crippen LogP contribution in [0.15, 0.2) is 79.0 Å². The molecule has 3 aromatic carbocycles. The van der Waals surface area contributed by atoms with Crippen molar-refractivity contribution in [1.82, 2.24) is 20.2 Å². The molecule has 2 N–H and O–H groups in total. The monoisotopic (exact) mass is 730 g/mol. The Morgan fingerprint density at radius 3 is 2.22 bits per heavy atom. The lowest BCUT2D eigenvalue weighted by atomic mass is 9.78. The number of hydrogen-bond acceptors (Lipinski definition) is 11. The van der Waals surface area contributed by atoms with Crippen LogP contribution >= 0.6 is 0 Å². The van der Waals surface area contributed by atoms with Gasteiger partial charge in [0.1, 0.15) is 30.8 Å². The Balaban J connectivity index is 0.823. The maximum atomic E-state index is 13.2. The van der Waals surface area contributed by atoms with Crippen LogP contribution < -0.4 is 25.0 Å². The van der Waals surface area contributed by atoms with Gasteiger partial charge in [-0.1, -0.05) is 38.1 Å². The highest BCUT2D eigenvalue weighted by molar-refractivity contribution is 6.23. The van der Waals surface area contributed by atoms with Crippen LogP contribution in [0.5, 0.6) is 11.5 Å². The molecule has 4 aromatic rings. The molecule has 4 aliphatic rings. The fraction of sp³-hybridized carbons (Fsp3) is 0.366. The molecule has 54 heavy (non-hydrogen) atoms. The number of anilines is 2. The normalized spacial score (nSPS) is 19.5. The van der Waals surface area contributed by atoms with Crippen LogP contribution in [0.2, 0.25) is 0 Å². The van der Waals surface area contributed by atoms with Gasteiger partial charge in [0.2, 0.25) is 17.8 Å². The molecular formula is C41H42N6O7. The maximum absolute atomic E-state index is 13.2. The molecule has 278 valence electrons. The van der Waals surface area contributed by atoms with Gasteiger partial charge in [-0.2, -0.15) is 0 Å². The second kappa shape index (κ2) is 13.9. The third-order valence-electron chi connectivity index (χ3n) is 10.7. The van der Waals surface area contributed by atoms with E-state index in [4.69, 9.17) is 19.2 Å². The molecule has 13 heteroatoms. The SMILES string of the molecule is CC(COc1ccc(C(C)(C)c2ccc(OCc3ccnc(N4CC5(COC5)C4)n3)cc2)cc1)Nc1ccc2c(c1)C(=O)N(C1CCC(=O)NC1=O)C2=O. The lowest BCUT2D eigenvalue weighted by Gasteiger charge is -2.54. The van der Waals surface area contributed by atoms with Gasteiger partial charge in [-0.3, -0.25) is 29.4 Å². The fourth-order valence-electron chi connectivity index (χ4n) is 7.46. The van der Waals surface area contributed by atoms with Crippen LogP contribution in [-0.4, -0.2) is 83.5 Å². The lowest BCUT2D eigenvalue weighted by molar-refractivity contribution is -0.136. The number of ether oxygens (including phenoxy) is 3. The summed E-state index contributed by atoms with van der Waals surface area (Å²) in [6.45, 7) is 10.6. The number of imide groups is 2. The van der Waals surface area contributed by atoms with Crippen molar-refractivity contribution in [2.45, 2.75) is 57.7 Å². The van der Waals surface area contributed by atoms with Crippen molar-refractivity contribution in [3.63, 3.8) is 0 Å². The van der Waals surface area contributed by atoms with E-state index < -0.39 is 29.7 Å². The Hall–Kier alpha value is -5.82. The van der Waals surface area contributed by atoms with E-state index in [1.165, 1.54) is 0 Å². The summed E-state index contributed by atoms with van der Waals surface area (Å²) in [5.74, 6) is 0.112. The summed E-state index contributed by atoms with van der Waals surface area (Å²) in [7, 11) is 0. The standard InChI is InChI=1S/C41H42N6O7/c1-25(43-28-8-13-32-33(18-28)38(51)47(37(32)50)34-14-15-35(48)45-36(34)49)19-53-30-9-4-26(5-10-30)40(2,3)27-6-11-31(12-7-27)54-20-29-16-17-42-39(44-29)46-21-41(22-46)23-52-24-41/h4-13,16-18,25,34,43H,14-15,19-24H2,1-3H3,(H,45,48,49). The second-order valence-corrected chi connectivity index (χ2v) is 15.2. The fourth-order valence-corrected chi connectivity index (χ4v) is 7.46. The average Bonchev–Trinajstić information content (AvgIpc) is 3.37. The zero-order valence-electron chi connectivity index (χ0n) is 30.5. The molecule has 0 aliphatic carbocycles. The highest BCUT2D eigenvalue weighted by atomic mass is 16.5. The van der Waals surface area contributed by atoms with Crippen molar-refractivity contribution in [2.75, 3.05) is 43.1 Å². The molecule has 5 heterocycles. The predicted molar refractivity (Wildman–Crippen MR) is 199 cm³/mol. The second-order valence-electron chi connectivity index (χ2n) is 15.2. The van der Waals surface area contributed by atoms with E-state index in [9.17, 15) is 19.2 Å². The van der Waals surface area contributed by atoms with Crippen molar-refractivity contribution in [2.24, 2.45) is 5.41 Å². The Morgan fingerprint density at radius 1 is 0.907 bits per heavy atom. The van der Waals surface area contributed by atoms with Crippen molar-refractivity contribution < 1.29 is 33.4 Å². The minimum Gasteiger partial charge on any atom is -0.491 e. The van der Waals surface area contributed by atoms with Gasteiger partial charge in [0.05, 0.1) is 41.5 Å². The number of carbonyl (C=O) groups excluding carboxylic acids is 4. The summed E-state index contributed by atoms with van der Waals surface area (Å²) in [6.07, 6.45) is 1.97. The summed E-state index contributed by atoms with van der Waals surface area (Å²) >= 11 is 0. The zero-order chi connectivity index (χ0) is 37.6. The van der Waals surface area contributed by atoms with Crippen molar-refractivity contribution in [3.05, 3.63) is 107 Å². The first-order valence-corrected chi connectivity index (χ1v) is 18.2. The average molecular weight is 731 g/mol. The number of amides is 4. The highest BCUT2D eigenvalue weighted by Gasteiger charge is 2.50. The first-order chi connectivity index (χ1) is 26.0. The summed E-state index contributed by atoms with van der Waals surface area (Å²) in [4.78, 5) is 62.5. The van der Waals surface area contributed by atoms with Gasteiger partial charge in [0.25, 0.3) is 11.8 Å². The first-order valence-electron chi connectivity index (χ1n) is 18.2. The van der Waals surface area contributed by atoms with E-state index in [2.05, 4.69) is 58.6 Å². The molecule has 0 saturated carbocycles. The number of fused-ring (bicyclic) bond motifs is 1. The zero-order valence-corrected chi connectivity index (χ0v) is 30.5. The number of nitrogens with one attached hydrogen (secondary N) is 2. The van der Waals surface area contributed by atoms with Crippen LogP contribution in [0.25, 0.3) is 0 Å². The van der Waals surface area contributed by atoms with E-state index in [1.807, 2.05) is 37.3 Å². The molecule has 1 spiro atoms. The number of hydrogen-bond donors (Lipinski definition) is 2. The van der Waals surface area contributed by atoms with Crippen LogP contribution in [0.1, 0.15) is 71.1 Å². The van der Waals surface area contributed by atoms with Gasteiger partial charge in [0.15, 0.2) is 0 Å². The molecule has 13 nitrogen and oxygen atoms in total. The van der Waals surface area contributed by atoms with Crippen LogP contribution in [0, 0.1) is 5.41 Å². The molecule has 3 fully saturated rings. The third-order valence-corrected chi connectivity index (χ3v) is 10.7. The Labute approximate surface area is 313 Å². The van der Waals surface area contributed by atoms with Crippen LogP contribution in [0.4, 0.5) is 11.6 Å². The largest absolute Gasteiger partial charge is 0.491 e. The molecule has 1 aromatic heterocycles. The molecule has 2 unspecified atom stereocenters. The summed E-state index contributed by atoms with van der Waals surface area (Å²) in [5.41, 5.74) is 4.24. The van der Waals surface area contributed by atoms with Gasteiger partial charge in [-0.25, -0.2) is 9.97 Å². The van der Waals surface area contributed by atoms with E-state index in [1.54, 1.807) is 24.4 Å². The summed E-state index contributed by atoms with van der Waals surface area (Å²) < 4.78 is 17.5. The number of benzene rings is 3.